The number of hydrogen-bond acceptors (Lipinski definition) is 3. The molecule has 0 amide bonds. The fraction of sp³-hybridized carbons (Fsp3) is 0.280. The largest absolute Gasteiger partial charge is 0.493 e. The van der Waals surface area contributed by atoms with Crippen molar-refractivity contribution in [2.75, 3.05) is 11.9 Å². The van der Waals surface area contributed by atoms with Gasteiger partial charge in [-0.15, -0.1) is 0 Å². The first-order valence-electron chi connectivity index (χ1n) is 9.99. The third-order valence-corrected chi connectivity index (χ3v) is 4.69. The van der Waals surface area contributed by atoms with E-state index in [1.54, 1.807) is 0 Å². The Balaban J connectivity index is 1.42. The zero-order valence-corrected chi connectivity index (χ0v) is 16.7. The number of hydrogen-bond donors (Lipinski definition) is 1. The van der Waals surface area contributed by atoms with Crippen LogP contribution in [0.3, 0.4) is 0 Å². The molecule has 0 aromatic heterocycles. The fourth-order valence-corrected chi connectivity index (χ4v) is 2.81. The highest BCUT2D eigenvalue weighted by molar-refractivity contribution is 5.47. The summed E-state index contributed by atoms with van der Waals surface area (Å²) in [6.45, 7) is 5.67. The van der Waals surface area contributed by atoms with E-state index in [-0.39, 0.29) is 6.10 Å². The monoisotopic (exact) mass is 375 g/mol. The van der Waals surface area contributed by atoms with Crippen LogP contribution in [-0.2, 0) is 13.0 Å². The Morgan fingerprint density at radius 3 is 2.14 bits per heavy atom. The van der Waals surface area contributed by atoms with Crippen molar-refractivity contribution in [3.8, 4) is 11.5 Å². The summed E-state index contributed by atoms with van der Waals surface area (Å²) in [5.41, 5.74) is 3.59. The minimum Gasteiger partial charge on any atom is -0.493 e. The van der Waals surface area contributed by atoms with Crippen molar-refractivity contribution in [3.63, 3.8) is 0 Å². The smallest absolute Gasteiger partial charge is 0.119 e. The second-order valence-electron chi connectivity index (χ2n) is 6.94. The zero-order chi connectivity index (χ0) is 19.6. The Kier molecular flexibility index (Phi) is 7.36. The van der Waals surface area contributed by atoms with E-state index in [1.165, 1.54) is 11.1 Å². The number of benzene rings is 3. The zero-order valence-electron chi connectivity index (χ0n) is 16.7. The molecule has 1 N–H and O–H groups in total. The molecule has 0 spiro atoms. The van der Waals surface area contributed by atoms with E-state index in [9.17, 15) is 0 Å². The minimum atomic E-state index is 0.248. The van der Waals surface area contributed by atoms with Gasteiger partial charge in [0.1, 0.15) is 11.5 Å². The second-order valence-corrected chi connectivity index (χ2v) is 6.94. The van der Waals surface area contributed by atoms with Crippen molar-refractivity contribution in [2.24, 2.45) is 0 Å². The first-order chi connectivity index (χ1) is 13.7. The molecule has 3 aromatic carbocycles. The van der Waals surface area contributed by atoms with E-state index in [1.807, 2.05) is 30.3 Å². The van der Waals surface area contributed by atoms with Crippen LogP contribution >= 0.6 is 0 Å². The molecule has 0 aliphatic rings. The lowest BCUT2D eigenvalue weighted by atomic mass is 10.2. The molecule has 1 unspecified atom stereocenters. The van der Waals surface area contributed by atoms with Crippen LogP contribution in [0.15, 0.2) is 78.9 Å². The summed E-state index contributed by atoms with van der Waals surface area (Å²) in [6, 6.07) is 26.8. The Bertz CT molecular complexity index is 813. The number of nitrogens with one attached hydrogen (secondary N) is 1. The molecule has 0 aliphatic carbocycles. The maximum atomic E-state index is 5.84. The summed E-state index contributed by atoms with van der Waals surface area (Å²) in [7, 11) is 0. The molecule has 3 heteroatoms. The molecule has 28 heavy (non-hydrogen) atoms. The molecular weight excluding hydrogens is 346 g/mol. The lowest BCUT2D eigenvalue weighted by Gasteiger charge is -2.13. The van der Waals surface area contributed by atoms with Crippen LogP contribution in [0, 0.1) is 0 Å². The van der Waals surface area contributed by atoms with E-state index in [2.05, 4.69) is 67.7 Å². The summed E-state index contributed by atoms with van der Waals surface area (Å²) in [5, 5.41) is 3.45. The van der Waals surface area contributed by atoms with Crippen LogP contribution in [0.5, 0.6) is 11.5 Å². The summed E-state index contributed by atoms with van der Waals surface area (Å²) in [6.07, 6.45) is 2.17. The average Bonchev–Trinajstić information content (AvgIpc) is 2.75. The van der Waals surface area contributed by atoms with Crippen molar-refractivity contribution in [1.29, 1.82) is 0 Å². The lowest BCUT2D eigenvalue weighted by molar-refractivity contribution is 0.217. The van der Waals surface area contributed by atoms with E-state index in [4.69, 9.17) is 9.47 Å². The van der Waals surface area contributed by atoms with Crippen LogP contribution < -0.4 is 14.8 Å². The van der Waals surface area contributed by atoms with Gasteiger partial charge >= 0.3 is 0 Å². The second kappa shape index (κ2) is 10.4. The van der Waals surface area contributed by atoms with Crippen LogP contribution in [0.1, 0.15) is 31.4 Å². The predicted octanol–water partition coefficient (Wildman–Crippen LogP) is 6.10. The maximum absolute atomic E-state index is 5.84. The molecule has 0 bridgehead atoms. The van der Waals surface area contributed by atoms with E-state index in [0.29, 0.717) is 6.61 Å². The molecule has 0 radical (unpaired) electrons. The fourth-order valence-electron chi connectivity index (χ4n) is 2.81. The third kappa shape index (κ3) is 6.34. The molecule has 3 nitrogen and oxygen atoms in total. The first-order valence-corrected chi connectivity index (χ1v) is 9.99. The molecular formula is C25H29NO2. The van der Waals surface area contributed by atoms with Crippen LogP contribution in [0.4, 0.5) is 5.69 Å². The van der Waals surface area contributed by atoms with Gasteiger partial charge in [0.2, 0.25) is 0 Å². The highest BCUT2D eigenvalue weighted by Gasteiger charge is 2.02. The van der Waals surface area contributed by atoms with Gasteiger partial charge in [-0.05, 0) is 60.9 Å². The highest BCUT2D eigenvalue weighted by Crippen LogP contribution is 2.18. The van der Waals surface area contributed by atoms with Crippen LogP contribution in [-0.4, -0.2) is 12.7 Å². The molecule has 1 atom stereocenters. The standard InChI is InChI=1S/C25H29NO2/c1-3-20(2)28-25-13-9-22(10-14-25)19-26-23-11-15-24(16-12-23)27-18-17-21-7-5-4-6-8-21/h4-16,20,26H,3,17-19H2,1-2H3. The third-order valence-electron chi connectivity index (χ3n) is 4.69. The maximum Gasteiger partial charge on any atom is 0.119 e. The summed E-state index contributed by atoms with van der Waals surface area (Å²) < 4.78 is 11.7. The molecule has 3 aromatic rings. The molecule has 146 valence electrons. The van der Waals surface area contributed by atoms with Crippen LogP contribution in [0.25, 0.3) is 0 Å². The summed E-state index contributed by atoms with van der Waals surface area (Å²) >= 11 is 0. The molecule has 0 aliphatic heterocycles. The molecule has 0 heterocycles. The van der Waals surface area contributed by atoms with Crippen molar-refractivity contribution >= 4 is 5.69 Å². The number of rotatable bonds is 10. The van der Waals surface area contributed by atoms with Gasteiger partial charge in [-0.2, -0.15) is 0 Å². The van der Waals surface area contributed by atoms with Crippen molar-refractivity contribution in [3.05, 3.63) is 90.0 Å². The van der Waals surface area contributed by atoms with Gasteiger partial charge in [0.05, 0.1) is 12.7 Å². The van der Waals surface area contributed by atoms with Gasteiger partial charge in [-0.25, -0.2) is 0 Å². The Morgan fingerprint density at radius 2 is 1.46 bits per heavy atom. The van der Waals surface area contributed by atoms with Gasteiger partial charge in [-0.3, -0.25) is 0 Å². The Labute approximate surface area is 168 Å². The van der Waals surface area contributed by atoms with E-state index < -0.39 is 0 Å². The summed E-state index contributed by atoms with van der Waals surface area (Å²) in [5.74, 6) is 1.82. The normalized spacial score (nSPS) is 11.6. The van der Waals surface area contributed by atoms with Gasteiger partial charge in [0.15, 0.2) is 0 Å². The van der Waals surface area contributed by atoms with Gasteiger partial charge < -0.3 is 14.8 Å². The molecule has 0 saturated heterocycles. The van der Waals surface area contributed by atoms with Crippen molar-refractivity contribution in [1.82, 2.24) is 0 Å². The number of ether oxygens (including phenoxy) is 2. The van der Waals surface area contributed by atoms with E-state index in [0.717, 1.165) is 36.6 Å². The SMILES string of the molecule is CCC(C)Oc1ccc(CNc2ccc(OCCc3ccccc3)cc2)cc1. The van der Waals surface area contributed by atoms with Gasteiger partial charge in [-0.1, -0.05) is 49.4 Å². The van der Waals surface area contributed by atoms with Crippen LogP contribution in [0.2, 0.25) is 0 Å². The number of anilines is 1. The van der Waals surface area contributed by atoms with Gasteiger partial charge in [0, 0.05) is 18.7 Å². The molecule has 0 fully saturated rings. The lowest BCUT2D eigenvalue weighted by Crippen LogP contribution is -2.09. The van der Waals surface area contributed by atoms with Crippen molar-refractivity contribution < 1.29 is 9.47 Å². The summed E-state index contributed by atoms with van der Waals surface area (Å²) in [4.78, 5) is 0. The Hall–Kier alpha value is -2.94. The first kappa shape index (κ1) is 19.8. The average molecular weight is 376 g/mol. The highest BCUT2D eigenvalue weighted by atomic mass is 16.5. The molecule has 3 rings (SSSR count). The minimum absolute atomic E-state index is 0.248. The quantitative estimate of drug-likeness (QED) is 0.464. The van der Waals surface area contributed by atoms with E-state index >= 15 is 0 Å². The molecule has 0 saturated carbocycles. The predicted molar refractivity (Wildman–Crippen MR) is 116 cm³/mol. The van der Waals surface area contributed by atoms with Gasteiger partial charge in [0.25, 0.3) is 0 Å². The van der Waals surface area contributed by atoms with Crippen molar-refractivity contribution in [2.45, 2.75) is 39.3 Å². The topological polar surface area (TPSA) is 30.5 Å². The Morgan fingerprint density at radius 1 is 0.786 bits per heavy atom.